The molecule has 11 heteroatoms. The summed E-state index contributed by atoms with van der Waals surface area (Å²) in [4.78, 5) is 15.4. The Kier molecular flexibility index (Phi) is 10.3. The lowest BCUT2D eigenvalue weighted by Crippen LogP contribution is -2.25. The van der Waals surface area contributed by atoms with Crippen molar-refractivity contribution >= 4 is 0 Å². The predicted octanol–water partition coefficient (Wildman–Crippen LogP) is 6.92. The fourth-order valence-corrected chi connectivity index (χ4v) is 4.39. The Morgan fingerprint density at radius 1 is 1.05 bits per heavy atom. The first kappa shape index (κ1) is 29.2. The van der Waals surface area contributed by atoms with Crippen LogP contribution in [0.3, 0.4) is 0 Å². The molecule has 0 bridgehead atoms. The number of aryl methyl sites for hydroxylation is 1. The quantitative estimate of drug-likeness (QED) is 0.305. The van der Waals surface area contributed by atoms with Gasteiger partial charge in [-0.1, -0.05) is 31.4 Å². The highest BCUT2D eigenvalue weighted by Crippen LogP contribution is 2.35. The third kappa shape index (κ3) is 8.32. The van der Waals surface area contributed by atoms with Gasteiger partial charge >= 0.3 is 6.18 Å². The highest BCUT2D eigenvalue weighted by molar-refractivity contribution is 5.31. The molecule has 1 aromatic carbocycles. The maximum Gasteiger partial charge on any atom is 0.418 e. The monoisotopic (exact) mass is 541 g/mol. The molecule has 0 amide bonds. The van der Waals surface area contributed by atoms with E-state index in [-0.39, 0.29) is 24.0 Å². The highest BCUT2D eigenvalue weighted by Gasteiger charge is 2.34. The number of benzene rings is 1. The minimum atomic E-state index is -4.63. The van der Waals surface area contributed by atoms with Gasteiger partial charge in [0.2, 0.25) is 12.3 Å². The number of pyridine rings is 1. The van der Waals surface area contributed by atoms with Crippen LogP contribution in [0.2, 0.25) is 0 Å². The highest BCUT2D eigenvalue weighted by atomic mass is 19.4. The first-order valence-corrected chi connectivity index (χ1v) is 12.3. The van der Waals surface area contributed by atoms with Crippen molar-refractivity contribution in [3.05, 3.63) is 87.2 Å². The fourth-order valence-electron chi connectivity index (χ4n) is 4.39. The Morgan fingerprint density at radius 2 is 1.79 bits per heavy atom. The summed E-state index contributed by atoms with van der Waals surface area (Å²) in [6.45, 7) is 1.16. The summed E-state index contributed by atoms with van der Waals surface area (Å²) in [6, 6.07) is 9.58. The lowest BCUT2D eigenvalue weighted by Gasteiger charge is -2.23. The van der Waals surface area contributed by atoms with Crippen LogP contribution in [-0.4, -0.2) is 27.8 Å². The minimum Gasteiger partial charge on any atom is -0.476 e. The molecule has 0 unspecified atom stereocenters. The molecule has 1 aliphatic rings. The number of hydrogen-bond donors (Lipinski definition) is 0. The fraction of sp³-hybridized carbons (Fsp3) is 0.444. The van der Waals surface area contributed by atoms with Crippen molar-refractivity contribution < 1.29 is 31.1 Å². The first-order valence-electron chi connectivity index (χ1n) is 12.3. The molecule has 2 heterocycles. The molecule has 3 aromatic rings. The Morgan fingerprint density at radius 3 is 2.45 bits per heavy atom. The van der Waals surface area contributed by atoms with Crippen molar-refractivity contribution in [1.82, 2.24) is 14.8 Å². The van der Waals surface area contributed by atoms with Crippen LogP contribution in [0.25, 0.3) is 0 Å². The molecular formula is C27H29F6N3O2. The zero-order chi connectivity index (χ0) is 27.7. The first-order chi connectivity index (χ1) is 18.1. The van der Waals surface area contributed by atoms with E-state index in [9.17, 15) is 31.1 Å². The third-order valence-electron chi connectivity index (χ3n) is 6.21. The van der Waals surface area contributed by atoms with E-state index in [1.807, 2.05) is 13.0 Å². The summed E-state index contributed by atoms with van der Waals surface area (Å²) in [6.07, 6.45) is -0.361. The molecule has 0 spiro atoms. The number of nitrogens with zero attached hydrogens (tertiary/aromatic N) is 3. The summed E-state index contributed by atoms with van der Waals surface area (Å²) >= 11 is 0. The summed E-state index contributed by atoms with van der Waals surface area (Å²) in [5.74, 6) is 0.335. The van der Waals surface area contributed by atoms with Gasteiger partial charge in [0.1, 0.15) is 5.82 Å². The lowest BCUT2D eigenvalue weighted by atomic mass is 9.82. The number of ether oxygens (including phenoxy) is 1. The van der Waals surface area contributed by atoms with Crippen molar-refractivity contribution in [2.24, 2.45) is 0 Å². The molecule has 0 saturated heterocycles. The topological polar surface area (TPSA) is 57.0 Å². The van der Waals surface area contributed by atoms with Crippen LogP contribution in [0, 0.1) is 12.7 Å². The Labute approximate surface area is 216 Å². The van der Waals surface area contributed by atoms with E-state index in [0.717, 1.165) is 40.1 Å². The molecule has 4 rings (SSSR count). The average molecular weight is 542 g/mol. The number of halogens is 6. The van der Waals surface area contributed by atoms with Crippen molar-refractivity contribution in [2.75, 3.05) is 6.61 Å². The number of rotatable bonds is 7. The van der Waals surface area contributed by atoms with Gasteiger partial charge in [-0.25, -0.2) is 17.9 Å². The van der Waals surface area contributed by atoms with E-state index in [2.05, 4.69) is 10.1 Å². The van der Waals surface area contributed by atoms with Gasteiger partial charge in [-0.05, 0) is 55.0 Å². The summed E-state index contributed by atoms with van der Waals surface area (Å²) in [5, 5.41) is 3.72. The number of aromatic nitrogens is 3. The smallest absolute Gasteiger partial charge is 0.418 e. The van der Waals surface area contributed by atoms with Gasteiger partial charge in [0.05, 0.1) is 24.4 Å². The van der Waals surface area contributed by atoms with Gasteiger partial charge in [0.15, 0.2) is 0 Å². The zero-order valence-electron chi connectivity index (χ0n) is 20.9. The zero-order valence-corrected chi connectivity index (χ0v) is 20.9. The van der Waals surface area contributed by atoms with Crippen molar-refractivity contribution in [3.8, 4) is 5.88 Å². The second-order valence-corrected chi connectivity index (χ2v) is 9.00. The van der Waals surface area contributed by atoms with E-state index in [1.165, 1.54) is 38.3 Å². The van der Waals surface area contributed by atoms with Crippen LogP contribution in [-0.2, 0) is 12.7 Å². The number of hydrogen-bond acceptors (Lipinski definition) is 4. The summed E-state index contributed by atoms with van der Waals surface area (Å²) < 4.78 is 82.2. The van der Waals surface area contributed by atoms with Crippen molar-refractivity contribution in [3.63, 3.8) is 0 Å². The van der Waals surface area contributed by atoms with Gasteiger partial charge in [-0.15, -0.1) is 5.10 Å². The maximum atomic E-state index is 13.6. The van der Waals surface area contributed by atoms with E-state index in [4.69, 9.17) is 4.74 Å². The molecular weight excluding hydrogens is 512 g/mol. The molecule has 0 radical (unpaired) electrons. The van der Waals surface area contributed by atoms with Crippen LogP contribution in [0.4, 0.5) is 26.3 Å². The maximum absolute atomic E-state index is 13.6. The largest absolute Gasteiger partial charge is 0.476 e. The third-order valence-corrected chi connectivity index (χ3v) is 6.21. The van der Waals surface area contributed by atoms with E-state index in [0.29, 0.717) is 5.92 Å². The van der Waals surface area contributed by atoms with Crippen LogP contribution >= 0.6 is 0 Å². The van der Waals surface area contributed by atoms with Gasteiger partial charge in [0.25, 0.3) is 5.56 Å². The molecule has 0 N–H and O–H groups in total. The summed E-state index contributed by atoms with van der Waals surface area (Å²) in [5.41, 5.74) is 0.0612. The Bertz CT molecular complexity index is 1220. The Balaban J connectivity index is 0.000000241. The van der Waals surface area contributed by atoms with Crippen LogP contribution < -0.4 is 10.3 Å². The SMILES string of the molecule is Cc1cccc(F)c1C1CCCCC1.O=c1ccc(OCCC(F)F)nn1Cc1ncccc1C(F)(F)F. The van der Waals surface area contributed by atoms with Crippen LogP contribution in [0.5, 0.6) is 5.88 Å². The molecule has 0 aliphatic heterocycles. The van der Waals surface area contributed by atoms with Gasteiger partial charge in [-0.3, -0.25) is 9.78 Å². The molecule has 0 atom stereocenters. The van der Waals surface area contributed by atoms with Gasteiger partial charge in [0, 0.05) is 24.8 Å². The molecule has 2 aromatic heterocycles. The van der Waals surface area contributed by atoms with E-state index in [1.54, 1.807) is 12.1 Å². The van der Waals surface area contributed by atoms with Crippen LogP contribution in [0.1, 0.15) is 66.8 Å². The standard InChI is InChI=1S/C14H12F5N3O2.C13H17F/c15-11(16)5-7-24-12-3-4-13(23)22(21-12)8-10-9(14(17,18)19)2-1-6-20-10;1-10-6-5-9-12(14)13(10)11-7-3-2-4-8-11/h1-4,6,11H,5,7-8H2;5-6,9,11H,2-4,7-8H2,1H3. The lowest BCUT2D eigenvalue weighted by molar-refractivity contribution is -0.138. The molecule has 1 aliphatic carbocycles. The molecule has 38 heavy (non-hydrogen) atoms. The normalized spacial score (nSPS) is 14.2. The van der Waals surface area contributed by atoms with E-state index >= 15 is 0 Å². The van der Waals surface area contributed by atoms with Gasteiger partial charge < -0.3 is 4.74 Å². The predicted molar refractivity (Wildman–Crippen MR) is 130 cm³/mol. The molecule has 1 saturated carbocycles. The Hall–Kier alpha value is -3.37. The van der Waals surface area contributed by atoms with Crippen LogP contribution in [0.15, 0.2) is 53.5 Å². The molecule has 5 nitrogen and oxygen atoms in total. The van der Waals surface area contributed by atoms with E-state index < -0.39 is 36.7 Å². The second-order valence-electron chi connectivity index (χ2n) is 9.00. The summed E-state index contributed by atoms with van der Waals surface area (Å²) in [7, 11) is 0. The molecule has 1 fully saturated rings. The number of alkyl halides is 5. The molecule has 206 valence electrons. The van der Waals surface area contributed by atoms with Crippen molar-refractivity contribution in [2.45, 2.75) is 70.5 Å². The second kappa shape index (κ2) is 13.4. The average Bonchev–Trinajstić information content (AvgIpc) is 2.86. The van der Waals surface area contributed by atoms with Crippen molar-refractivity contribution in [1.29, 1.82) is 0 Å². The van der Waals surface area contributed by atoms with Gasteiger partial charge in [-0.2, -0.15) is 13.2 Å². The minimum absolute atomic E-state index is 0.00287.